The minimum Gasteiger partial charge on any atom is -0.364 e. The number of hydrogen-bond acceptors (Lipinski definition) is 6. The van der Waals surface area contributed by atoms with Crippen LogP contribution in [0.15, 0.2) is 30.6 Å². The fourth-order valence-electron chi connectivity index (χ4n) is 4.95. The summed E-state index contributed by atoms with van der Waals surface area (Å²) in [6.07, 6.45) is 20.7. The molecule has 1 aromatic carbocycles. The van der Waals surface area contributed by atoms with Gasteiger partial charge in [-0.15, -0.1) is 0 Å². The van der Waals surface area contributed by atoms with Crippen LogP contribution in [-0.2, 0) is 6.42 Å². The molecule has 0 spiro atoms. The van der Waals surface area contributed by atoms with Crippen molar-refractivity contribution in [2.45, 2.75) is 103 Å². The molecule has 1 aliphatic rings. The molecule has 1 aliphatic heterocycles. The zero-order valence-corrected chi connectivity index (χ0v) is 21.5. The van der Waals surface area contributed by atoms with Crippen LogP contribution in [0, 0.1) is 10.1 Å². The molecule has 7 nitrogen and oxygen atoms in total. The molecule has 0 atom stereocenters. The van der Waals surface area contributed by atoms with Crippen molar-refractivity contribution < 1.29 is 4.92 Å². The molecule has 0 saturated carbocycles. The Morgan fingerprint density at radius 3 is 2.11 bits per heavy atom. The normalized spacial score (nSPS) is 12.7. The Morgan fingerprint density at radius 2 is 1.49 bits per heavy atom. The number of para-hydroxylation sites is 1. The van der Waals surface area contributed by atoms with Crippen LogP contribution in [-0.4, -0.2) is 28.0 Å². The van der Waals surface area contributed by atoms with Crippen molar-refractivity contribution in [2.24, 2.45) is 0 Å². The van der Waals surface area contributed by atoms with Gasteiger partial charge in [0.15, 0.2) is 0 Å². The number of nitro groups is 1. The van der Waals surface area contributed by atoms with Crippen molar-refractivity contribution in [2.75, 3.05) is 23.3 Å². The van der Waals surface area contributed by atoms with Crippen LogP contribution < -0.4 is 10.2 Å². The molecule has 0 bridgehead atoms. The molecular formula is C28H43N5O2. The summed E-state index contributed by atoms with van der Waals surface area (Å²) in [5.74, 6) is 0.692. The van der Waals surface area contributed by atoms with E-state index in [-0.39, 0.29) is 10.6 Å². The fourth-order valence-corrected chi connectivity index (χ4v) is 4.95. The van der Waals surface area contributed by atoms with Crippen molar-refractivity contribution >= 4 is 23.0 Å². The lowest BCUT2D eigenvalue weighted by atomic mass is 10.0. The lowest BCUT2D eigenvalue weighted by Crippen LogP contribution is -2.18. The number of nitrogens with zero attached hydrogens (tertiary/aromatic N) is 4. The minimum atomic E-state index is -0.357. The van der Waals surface area contributed by atoms with Crippen molar-refractivity contribution in [1.82, 2.24) is 9.97 Å². The molecule has 2 aromatic rings. The summed E-state index contributed by atoms with van der Waals surface area (Å²) in [6, 6.07) is 8.02. The summed E-state index contributed by atoms with van der Waals surface area (Å²) in [5.41, 5.74) is 2.15. The van der Waals surface area contributed by atoms with Crippen LogP contribution in [0.5, 0.6) is 0 Å². The summed E-state index contributed by atoms with van der Waals surface area (Å²) < 4.78 is 0. The lowest BCUT2D eigenvalue weighted by molar-refractivity contribution is -0.383. The van der Waals surface area contributed by atoms with Crippen LogP contribution >= 0.6 is 0 Å². The largest absolute Gasteiger partial charge is 0.364 e. The molecule has 0 unspecified atom stereocenters. The maximum Gasteiger partial charge on any atom is 0.353 e. The molecule has 0 amide bonds. The first kappa shape index (κ1) is 26.9. The second-order valence-electron chi connectivity index (χ2n) is 9.70. The van der Waals surface area contributed by atoms with Gasteiger partial charge in [-0.2, -0.15) is 0 Å². The number of anilines is 3. The highest BCUT2D eigenvalue weighted by atomic mass is 16.6. The summed E-state index contributed by atoms with van der Waals surface area (Å²) in [7, 11) is 0. The van der Waals surface area contributed by atoms with Gasteiger partial charge in [0, 0.05) is 18.8 Å². The van der Waals surface area contributed by atoms with Gasteiger partial charge in [-0.1, -0.05) is 109 Å². The average molecular weight is 482 g/mol. The van der Waals surface area contributed by atoms with E-state index < -0.39 is 0 Å². The molecule has 7 heteroatoms. The Hall–Kier alpha value is -2.70. The molecule has 0 fully saturated rings. The third kappa shape index (κ3) is 8.48. The number of fused-ring (bicyclic) bond motifs is 1. The number of aromatic nitrogens is 2. The first-order valence-electron chi connectivity index (χ1n) is 13.8. The highest BCUT2D eigenvalue weighted by molar-refractivity contribution is 5.78. The number of unbranched alkanes of at least 4 members (excludes halogenated alkanes) is 13. The van der Waals surface area contributed by atoms with Crippen LogP contribution in [0.1, 0.15) is 102 Å². The molecule has 0 aliphatic carbocycles. The van der Waals surface area contributed by atoms with E-state index >= 15 is 0 Å². The quantitative estimate of drug-likeness (QED) is 0.132. The topological polar surface area (TPSA) is 84.2 Å². The lowest BCUT2D eigenvalue weighted by Gasteiger charge is -2.19. The molecular weight excluding hydrogens is 438 g/mol. The number of rotatable bonds is 18. The van der Waals surface area contributed by atoms with E-state index in [0.717, 1.165) is 24.9 Å². The number of benzene rings is 1. The van der Waals surface area contributed by atoms with Gasteiger partial charge in [-0.05, 0) is 24.5 Å². The molecule has 192 valence electrons. The van der Waals surface area contributed by atoms with E-state index in [4.69, 9.17) is 0 Å². The summed E-state index contributed by atoms with van der Waals surface area (Å²) in [6.45, 7) is 3.65. The van der Waals surface area contributed by atoms with E-state index in [1.54, 1.807) is 0 Å². The summed E-state index contributed by atoms with van der Waals surface area (Å²) >= 11 is 0. The maximum absolute atomic E-state index is 11.9. The zero-order valence-electron chi connectivity index (χ0n) is 21.5. The van der Waals surface area contributed by atoms with Crippen molar-refractivity contribution in [1.29, 1.82) is 0 Å². The maximum atomic E-state index is 11.9. The second-order valence-corrected chi connectivity index (χ2v) is 9.70. The van der Waals surface area contributed by atoms with Crippen LogP contribution in [0.25, 0.3) is 0 Å². The number of nitrogens with one attached hydrogen (secondary N) is 1. The monoisotopic (exact) mass is 481 g/mol. The summed E-state index contributed by atoms with van der Waals surface area (Å²) in [4.78, 5) is 22.0. The van der Waals surface area contributed by atoms with Crippen molar-refractivity contribution in [3.8, 4) is 0 Å². The smallest absolute Gasteiger partial charge is 0.353 e. The van der Waals surface area contributed by atoms with Gasteiger partial charge in [0.2, 0.25) is 11.6 Å². The van der Waals surface area contributed by atoms with Gasteiger partial charge in [-0.3, -0.25) is 10.1 Å². The predicted octanol–water partition coefficient (Wildman–Crippen LogP) is 7.97. The second kappa shape index (κ2) is 15.3. The third-order valence-corrected chi connectivity index (χ3v) is 6.95. The van der Waals surface area contributed by atoms with Crippen LogP contribution in [0.4, 0.5) is 23.0 Å². The van der Waals surface area contributed by atoms with E-state index in [0.29, 0.717) is 24.7 Å². The van der Waals surface area contributed by atoms with E-state index in [1.165, 1.54) is 88.9 Å². The fraction of sp³-hybridized carbons (Fsp3) is 0.643. The van der Waals surface area contributed by atoms with Gasteiger partial charge < -0.3 is 10.2 Å². The summed E-state index contributed by atoms with van der Waals surface area (Å²) in [5, 5.41) is 15.1. The van der Waals surface area contributed by atoms with Gasteiger partial charge in [-0.25, -0.2) is 9.97 Å². The SMILES string of the molecule is CCCCCCCCCCCCCCCCNc1ncnc(N2CCc3ccccc32)c1[N+](=O)[O-]. The van der Waals surface area contributed by atoms with E-state index in [9.17, 15) is 10.1 Å². The Morgan fingerprint density at radius 1 is 0.886 bits per heavy atom. The van der Waals surface area contributed by atoms with E-state index in [2.05, 4.69) is 28.3 Å². The Labute approximate surface area is 210 Å². The molecule has 2 heterocycles. The van der Waals surface area contributed by atoms with Crippen LogP contribution in [0.3, 0.4) is 0 Å². The first-order valence-corrected chi connectivity index (χ1v) is 13.8. The molecule has 0 radical (unpaired) electrons. The van der Waals surface area contributed by atoms with Crippen molar-refractivity contribution in [3.05, 3.63) is 46.3 Å². The zero-order chi connectivity index (χ0) is 24.7. The van der Waals surface area contributed by atoms with Gasteiger partial charge in [0.05, 0.1) is 4.92 Å². The van der Waals surface area contributed by atoms with E-state index in [1.807, 2.05) is 23.1 Å². The Balaban J connectivity index is 1.33. The highest BCUT2D eigenvalue weighted by Gasteiger charge is 2.31. The molecule has 3 rings (SSSR count). The minimum absolute atomic E-state index is 0.0328. The first-order chi connectivity index (χ1) is 17.2. The van der Waals surface area contributed by atoms with Gasteiger partial charge in [0.1, 0.15) is 6.33 Å². The molecule has 1 N–H and O–H groups in total. The van der Waals surface area contributed by atoms with Crippen LogP contribution in [0.2, 0.25) is 0 Å². The third-order valence-electron chi connectivity index (χ3n) is 6.95. The molecule has 35 heavy (non-hydrogen) atoms. The predicted molar refractivity (Wildman–Crippen MR) is 145 cm³/mol. The Kier molecular flexibility index (Phi) is 11.8. The molecule has 0 saturated heterocycles. The standard InChI is InChI=1S/C28H43N5O2/c1-2-3-4-5-6-7-8-9-10-11-12-13-14-17-21-29-27-26(33(34)35)28(31-23-30-27)32-22-20-24-18-15-16-19-25(24)32/h15-16,18-19,23H,2-14,17,20-22H2,1H3,(H,29,30,31). The highest BCUT2D eigenvalue weighted by Crippen LogP contribution is 2.40. The average Bonchev–Trinajstić information content (AvgIpc) is 3.30. The van der Waals surface area contributed by atoms with Crippen molar-refractivity contribution in [3.63, 3.8) is 0 Å². The number of hydrogen-bond donors (Lipinski definition) is 1. The van der Waals surface area contributed by atoms with Gasteiger partial charge >= 0.3 is 5.69 Å². The van der Waals surface area contributed by atoms with Gasteiger partial charge in [0.25, 0.3) is 0 Å². The Bertz CT molecular complexity index is 905. The molecule has 1 aromatic heterocycles.